The third-order valence-electron chi connectivity index (χ3n) is 5.10. The lowest BCUT2D eigenvalue weighted by molar-refractivity contribution is -0.687. The molecule has 1 aromatic heterocycles. The fourth-order valence-corrected chi connectivity index (χ4v) is 3.42. The number of aromatic nitrogens is 2. The molecule has 150 valence electrons. The van der Waals surface area contributed by atoms with Crippen molar-refractivity contribution in [3.05, 3.63) is 60.7 Å². The molecular weight excluding hydrogens is 352 g/mol. The lowest BCUT2D eigenvalue weighted by Crippen LogP contribution is -3.00. The topological polar surface area (TPSA) is 8.81 Å². The monoisotopic (exact) mass is 388 g/mol. The average molecular weight is 389 g/mol. The summed E-state index contributed by atoms with van der Waals surface area (Å²) < 4.78 is 4.59. The zero-order chi connectivity index (χ0) is 18.5. The first-order chi connectivity index (χ1) is 12.8. The third-order valence-corrected chi connectivity index (χ3v) is 5.10. The van der Waals surface area contributed by atoms with Crippen molar-refractivity contribution >= 4 is 6.08 Å². The molecule has 2 rings (SSSR count). The Morgan fingerprint density at radius 3 is 2.07 bits per heavy atom. The van der Waals surface area contributed by atoms with Crippen molar-refractivity contribution in [3.8, 4) is 0 Å². The highest BCUT2D eigenvalue weighted by atomic mass is 35.5. The minimum Gasteiger partial charge on any atom is -1.00 e. The van der Waals surface area contributed by atoms with E-state index >= 15 is 0 Å². The first-order valence-electron chi connectivity index (χ1n) is 10.6. The summed E-state index contributed by atoms with van der Waals surface area (Å²) in [5, 5.41) is 0. The summed E-state index contributed by atoms with van der Waals surface area (Å²) in [6.07, 6.45) is 22.5. The molecule has 27 heavy (non-hydrogen) atoms. The number of rotatable bonds is 14. The molecule has 0 saturated carbocycles. The summed E-state index contributed by atoms with van der Waals surface area (Å²) in [6, 6.07) is 8.63. The van der Waals surface area contributed by atoms with E-state index in [0.717, 1.165) is 13.1 Å². The fourth-order valence-electron chi connectivity index (χ4n) is 3.42. The van der Waals surface area contributed by atoms with Gasteiger partial charge in [-0.25, -0.2) is 9.13 Å². The molecule has 0 amide bonds. The van der Waals surface area contributed by atoms with Gasteiger partial charge in [0.05, 0.1) is 6.54 Å². The predicted molar refractivity (Wildman–Crippen MR) is 112 cm³/mol. The standard InChI is InChI=1S/C24H37N2.ClH/c1-3-5-6-7-8-9-10-11-12-13-18-25-19-20-26(22-25)21-24-16-14-23(4-2)15-17-24;/h4,14-17,19-20,22H,2-3,5-13,18,21H2,1H3;1H/q+1;/p-1. The van der Waals surface area contributed by atoms with E-state index in [9.17, 15) is 0 Å². The van der Waals surface area contributed by atoms with Gasteiger partial charge in [0.2, 0.25) is 6.33 Å². The molecular formula is C24H37ClN2. The van der Waals surface area contributed by atoms with Crippen LogP contribution >= 0.6 is 0 Å². The number of aryl methyl sites for hydroxylation is 1. The molecule has 0 aliphatic carbocycles. The Hall–Kier alpha value is -1.54. The number of hydrogen-bond acceptors (Lipinski definition) is 0. The van der Waals surface area contributed by atoms with E-state index in [1.165, 1.54) is 75.3 Å². The lowest BCUT2D eigenvalue weighted by atomic mass is 10.1. The van der Waals surface area contributed by atoms with Crippen LogP contribution in [0, 0.1) is 0 Å². The zero-order valence-electron chi connectivity index (χ0n) is 17.1. The van der Waals surface area contributed by atoms with Gasteiger partial charge in [0, 0.05) is 0 Å². The maximum absolute atomic E-state index is 3.81. The molecule has 1 aromatic carbocycles. The van der Waals surface area contributed by atoms with Crippen molar-refractivity contribution in [1.29, 1.82) is 0 Å². The number of hydrogen-bond donors (Lipinski definition) is 0. The van der Waals surface area contributed by atoms with Gasteiger partial charge in [-0.15, -0.1) is 0 Å². The summed E-state index contributed by atoms with van der Waals surface area (Å²) in [5.74, 6) is 0. The summed E-state index contributed by atoms with van der Waals surface area (Å²) >= 11 is 0. The van der Waals surface area contributed by atoms with Crippen LogP contribution < -0.4 is 17.0 Å². The molecule has 0 unspecified atom stereocenters. The van der Waals surface area contributed by atoms with Gasteiger partial charge in [0.25, 0.3) is 0 Å². The van der Waals surface area contributed by atoms with E-state index < -0.39 is 0 Å². The quantitative estimate of drug-likeness (QED) is 0.346. The van der Waals surface area contributed by atoms with Crippen molar-refractivity contribution in [2.75, 3.05) is 0 Å². The molecule has 0 aliphatic heterocycles. The van der Waals surface area contributed by atoms with Crippen LogP contribution in [0.25, 0.3) is 6.08 Å². The molecule has 1 heterocycles. The first kappa shape index (κ1) is 23.5. The molecule has 0 spiro atoms. The van der Waals surface area contributed by atoms with Crippen LogP contribution in [0.15, 0.2) is 49.6 Å². The van der Waals surface area contributed by atoms with Crippen molar-refractivity contribution in [3.63, 3.8) is 0 Å². The molecule has 2 nitrogen and oxygen atoms in total. The maximum atomic E-state index is 3.81. The minimum absolute atomic E-state index is 0. The summed E-state index contributed by atoms with van der Waals surface area (Å²) in [7, 11) is 0. The minimum atomic E-state index is 0. The van der Waals surface area contributed by atoms with Crippen molar-refractivity contribution < 1.29 is 17.0 Å². The van der Waals surface area contributed by atoms with Crippen LogP contribution in [0.4, 0.5) is 0 Å². The molecule has 0 atom stereocenters. The Morgan fingerprint density at radius 2 is 1.48 bits per heavy atom. The molecule has 3 heteroatoms. The van der Waals surface area contributed by atoms with E-state index in [4.69, 9.17) is 0 Å². The number of imidazole rings is 1. The molecule has 0 bridgehead atoms. The number of nitrogens with zero attached hydrogens (tertiary/aromatic N) is 2. The molecule has 0 N–H and O–H groups in total. The van der Waals surface area contributed by atoms with E-state index in [-0.39, 0.29) is 12.4 Å². The van der Waals surface area contributed by atoms with E-state index in [2.05, 4.69) is 65.6 Å². The number of unbranched alkanes of at least 4 members (excludes halogenated alkanes) is 9. The zero-order valence-corrected chi connectivity index (χ0v) is 17.8. The van der Waals surface area contributed by atoms with Gasteiger partial charge in [0.15, 0.2) is 0 Å². The number of benzene rings is 1. The van der Waals surface area contributed by atoms with Crippen molar-refractivity contribution in [2.24, 2.45) is 0 Å². The van der Waals surface area contributed by atoms with Gasteiger partial charge in [-0.3, -0.25) is 0 Å². The van der Waals surface area contributed by atoms with Crippen LogP contribution in [-0.4, -0.2) is 4.57 Å². The van der Waals surface area contributed by atoms with Crippen LogP contribution in [-0.2, 0) is 13.1 Å². The number of halogens is 1. The van der Waals surface area contributed by atoms with Crippen molar-refractivity contribution in [2.45, 2.75) is 84.2 Å². The predicted octanol–water partition coefficient (Wildman–Crippen LogP) is 3.39. The normalized spacial score (nSPS) is 10.6. The van der Waals surface area contributed by atoms with Gasteiger partial charge in [-0.1, -0.05) is 95.2 Å². The highest BCUT2D eigenvalue weighted by molar-refractivity contribution is 5.47. The van der Waals surface area contributed by atoms with Crippen LogP contribution in [0.3, 0.4) is 0 Å². The average Bonchev–Trinajstić information content (AvgIpc) is 3.11. The van der Waals surface area contributed by atoms with E-state index in [1.807, 2.05) is 6.08 Å². The fraction of sp³-hybridized carbons (Fsp3) is 0.542. The molecule has 2 aromatic rings. The molecule has 0 fully saturated rings. The Morgan fingerprint density at radius 1 is 0.889 bits per heavy atom. The first-order valence-corrected chi connectivity index (χ1v) is 10.6. The van der Waals surface area contributed by atoms with Gasteiger partial charge in [-0.2, -0.15) is 0 Å². The summed E-state index contributed by atoms with van der Waals surface area (Å²) in [4.78, 5) is 0. The van der Waals surface area contributed by atoms with Gasteiger partial charge in [-0.05, 0) is 24.0 Å². The lowest BCUT2D eigenvalue weighted by Gasteiger charge is -2.01. The molecule has 0 aliphatic rings. The van der Waals surface area contributed by atoms with Gasteiger partial charge < -0.3 is 12.4 Å². The maximum Gasteiger partial charge on any atom is 0.244 e. The summed E-state index contributed by atoms with van der Waals surface area (Å²) in [6.45, 7) is 8.16. The highest BCUT2D eigenvalue weighted by Gasteiger charge is 2.04. The van der Waals surface area contributed by atoms with E-state index in [0.29, 0.717) is 0 Å². The Labute approximate surface area is 172 Å². The van der Waals surface area contributed by atoms with Gasteiger partial charge in [0.1, 0.15) is 18.9 Å². The molecule has 0 saturated heterocycles. The highest BCUT2D eigenvalue weighted by Crippen LogP contribution is 2.11. The van der Waals surface area contributed by atoms with E-state index in [1.54, 1.807) is 0 Å². The van der Waals surface area contributed by atoms with Crippen LogP contribution in [0.5, 0.6) is 0 Å². The second kappa shape index (κ2) is 14.5. The molecule has 0 radical (unpaired) electrons. The third kappa shape index (κ3) is 9.81. The van der Waals surface area contributed by atoms with Crippen molar-refractivity contribution in [1.82, 2.24) is 4.57 Å². The Balaban J connectivity index is 0.00000364. The van der Waals surface area contributed by atoms with Gasteiger partial charge >= 0.3 is 0 Å². The largest absolute Gasteiger partial charge is 1.00 e. The Bertz CT molecular complexity index is 616. The van der Waals surface area contributed by atoms with Crippen LogP contribution in [0.2, 0.25) is 0 Å². The summed E-state index contributed by atoms with van der Waals surface area (Å²) in [5.41, 5.74) is 2.51. The Kier molecular flexibility index (Phi) is 12.6. The second-order valence-electron chi connectivity index (χ2n) is 7.45. The smallest absolute Gasteiger partial charge is 0.244 e. The van der Waals surface area contributed by atoms with Crippen LogP contribution in [0.1, 0.15) is 82.3 Å². The SMILES string of the molecule is C=Cc1ccc(C[n+]2ccn(CCCCCCCCCCCC)c2)cc1.[Cl-]. The second-order valence-corrected chi connectivity index (χ2v) is 7.45.